The molecule has 3 aromatic rings. The third kappa shape index (κ3) is 5.78. The van der Waals surface area contributed by atoms with Gasteiger partial charge in [-0.2, -0.15) is 0 Å². The number of hydrogen-bond acceptors (Lipinski definition) is 4. The second kappa shape index (κ2) is 11.0. The molecule has 1 aliphatic heterocycles. The van der Waals surface area contributed by atoms with E-state index in [-0.39, 0.29) is 5.91 Å². The van der Waals surface area contributed by atoms with Crippen LogP contribution in [0, 0.1) is 16.7 Å². The number of carbonyl (C=O) groups excluding carboxylic acids is 1. The number of hydrazine groups is 1. The van der Waals surface area contributed by atoms with Crippen LogP contribution in [-0.2, 0) is 11.2 Å². The lowest BCUT2D eigenvalue weighted by atomic mass is 9.90. The minimum atomic E-state index is -0.997. The van der Waals surface area contributed by atoms with Gasteiger partial charge in [0.25, 0.3) is 0 Å². The zero-order valence-electron chi connectivity index (χ0n) is 21.0. The molecule has 2 N–H and O–H groups in total. The van der Waals surface area contributed by atoms with Crippen molar-refractivity contribution in [2.45, 2.75) is 44.4 Å². The van der Waals surface area contributed by atoms with Gasteiger partial charge in [-0.25, -0.2) is 0 Å². The molecule has 1 saturated carbocycles. The van der Waals surface area contributed by atoms with Crippen LogP contribution >= 0.6 is 0 Å². The normalized spacial score (nSPS) is 18.9. The number of aliphatic hydroxyl groups is 1. The molecule has 2 heterocycles. The van der Waals surface area contributed by atoms with E-state index in [4.69, 9.17) is 0 Å². The number of anilines is 1. The fraction of sp³-hybridized carbons (Fsp3) is 0.333. The lowest BCUT2D eigenvalue weighted by Crippen LogP contribution is -2.51. The summed E-state index contributed by atoms with van der Waals surface area (Å²) in [5.74, 6) is -0.456. The van der Waals surface area contributed by atoms with Gasteiger partial charge in [-0.05, 0) is 55.0 Å². The molecule has 0 spiro atoms. The first-order chi connectivity index (χ1) is 18.0. The minimum absolute atomic E-state index is 0.306. The molecule has 3 atom stereocenters. The van der Waals surface area contributed by atoms with Gasteiger partial charge < -0.3 is 5.11 Å². The smallest absolute Gasteiger partial charge is 0.337 e. The van der Waals surface area contributed by atoms with Crippen LogP contribution in [0.25, 0.3) is 11.6 Å². The van der Waals surface area contributed by atoms with Crippen molar-refractivity contribution in [3.63, 3.8) is 0 Å². The number of nitroso groups, excluding NO2 is 1. The van der Waals surface area contributed by atoms with Crippen LogP contribution in [0.15, 0.2) is 79.0 Å². The minimum Gasteiger partial charge on any atom is -0.392 e. The lowest BCUT2D eigenvalue weighted by molar-refractivity contribution is -0.584. The second-order valence-electron chi connectivity index (χ2n) is 9.99. The van der Waals surface area contributed by atoms with E-state index in [1.54, 1.807) is 13.2 Å². The van der Waals surface area contributed by atoms with Gasteiger partial charge in [-0.1, -0.05) is 67.4 Å². The summed E-state index contributed by atoms with van der Waals surface area (Å²) in [5.41, 5.74) is 3.94. The fourth-order valence-electron chi connectivity index (χ4n) is 4.98. The van der Waals surface area contributed by atoms with Gasteiger partial charge in [-0.3, -0.25) is 15.1 Å². The summed E-state index contributed by atoms with van der Waals surface area (Å²) >= 11 is 0. The molecule has 37 heavy (non-hydrogen) atoms. The topological polar surface area (TPSA) is 85.5 Å². The number of fused-ring (bicyclic) bond motifs is 1. The maximum absolute atomic E-state index is 13.7. The van der Waals surface area contributed by atoms with Gasteiger partial charge in [0, 0.05) is 11.8 Å². The van der Waals surface area contributed by atoms with Crippen LogP contribution in [-0.4, -0.2) is 40.2 Å². The van der Waals surface area contributed by atoms with Gasteiger partial charge >= 0.3 is 6.17 Å². The molecule has 190 valence electrons. The van der Waals surface area contributed by atoms with E-state index < -0.39 is 18.2 Å². The summed E-state index contributed by atoms with van der Waals surface area (Å²) in [7, 11) is 1.69. The molecule has 0 radical (unpaired) electrons. The van der Waals surface area contributed by atoms with E-state index in [1.807, 2.05) is 78.9 Å². The molecule has 1 aromatic heterocycles. The van der Waals surface area contributed by atoms with E-state index >= 15 is 0 Å². The maximum atomic E-state index is 13.7. The predicted octanol–water partition coefficient (Wildman–Crippen LogP) is 4.62. The van der Waals surface area contributed by atoms with E-state index in [9.17, 15) is 14.8 Å². The Morgan fingerprint density at radius 3 is 2.54 bits per heavy atom. The van der Waals surface area contributed by atoms with Gasteiger partial charge in [0.15, 0.2) is 4.87 Å². The van der Waals surface area contributed by atoms with Crippen LogP contribution in [0.1, 0.15) is 42.5 Å². The predicted molar refractivity (Wildman–Crippen MR) is 144 cm³/mol. The summed E-state index contributed by atoms with van der Waals surface area (Å²) in [4.78, 5) is 32.7. The number of aromatic nitrogens is 1. The molecule has 0 unspecified atom stereocenters. The van der Waals surface area contributed by atoms with Crippen molar-refractivity contribution in [3.8, 4) is 0 Å². The number of aryl methyl sites for hydroxylation is 1. The monoisotopic (exact) mass is 497 g/mol. The SMILES string of the molecule is CN1c2ccccc2C=C(c2ccccn2)[C@@H](NC(=O)[C@H](CC2CC2)[C@@H](O)CCc2ccccc2)[N+]1=O. The second-order valence-corrected chi connectivity index (χ2v) is 9.99. The number of pyridine rings is 1. The zero-order chi connectivity index (χ0) is 25.8. The molecule has 5 rings (SSSR count). The standard InChI is InChI=1S/C30H32N4O3/c1-33-27-13-6-5-11-23(27)20-24(26-12-7-8-18-31-26)29(34(33)37)32-30(36)25(19-22-14-15-22)28(35)17-16-21-9-3-2-4-10-21/h2-13,18,20,22,25,28-29,35H,14-17,19H2,1H3/p+1/t25-,28+,29+/m1/s1. The maximum Gasteiger partial charge on any atom is 0.337 e. The van der Waals surface area contributed by atoms with Crippen LogP contribution in [0.2, 0.25) is 0 Å². The van der Waals surface area contributed by atoms with E-state index in [0.29, 0.717) is 36.4 Å². The van der Waals surface area contributed by atoms with Gasteiger partial charge in [0.2, 0.25) is 5.91 Å². The molecule has 1 amide bonds. The highest BCUT2D eigenvalue weighted by Crippen LogP contribution is 2.37. The number of para-hydroxylation sites is 1. The molecule has 7 heteroatoms. The zero-order valence-corrected chi connectivity index (χ0v) is 21.0. The van der Waals surface area contributed by atoms with Crippen LogP contribution < -0.4 is 10.3 Å². The molecule has 7 nitrogen and oxygen atoms in total. The Kier molecular flexibility index (Phi) is 7.42. The summed E-state index contributed by atoms with van der Waals surface area (Å²) in [5, 5.41) is 15.7. The van der Waals surface area contributed by atoms with Crippen LogP contribution in [0.5, 0.6) is 0 Å². The summed E-state index contributed by atoms with van der Waals surface area (Å²) in [6, 6.07) is 23.1. The number of rotatable bonds is 9. The van der Waals surface area contributed by atoms with Crippen molar-refractivity contribution in [2.75, 3.05) is 12.1 Å². The molecule has 0 saturated heterocycles. The lowest BCUT2D eigenvalue weighted by Gasteiger charge is -2.24. The Morgan fingerprint density at radius 1 is 1.08 bits per heavy atom. The van der Waals surface area contributed by atoms with Gasteiger partial charge in [0.1, 0.15) is 5.69 Å². The van der Waals surface area contributed by atoms with E-state index in [0.717, 1.165) is 34.5 Å². The molecule has 1 fully saturated rings. The quantitative estimate of drug-likeness (QED) is 0.422. The number of amides is 1. The number of nitrogens with zero attached hydrogens (tertiary/aromatic N) is 3. The highest BCUT2D eigenvalue weighted by Gasteiger charge is 2.43. The average Bonchev–Trinajstić information content (AvgIpc) is 3.77. The number of benzene rings is 2. The Hall–Kier alpha value is -3.84. The van der Waals surface area contributed by atoms with Crippen molar-refractivity contribution in [3.05, 3.63) is 101 Å². The van der Waals surface area contributed by atoms with Crippen molar-refractivity contribution >= 4 is 23.2 Å². The van der Waals surface area contributed by atoms with Gasteiger partial charge in [0.05, 0.1) is 35.2 Å². The highest BCUT2D eigenvalue weighted by atomic mass is 16.3. The van der Waals surface area contributed by atoms with Crippen molar-refractivity contribution in [1.82, 2.24) is 10.3 Å². The number of nitrogens with one attached hydrogen (secondary N) is 1. The first-order valence-electron chi connectivity index (χ1n) is 13.0. The first-order valence-corrected chi connectivity index (χ1v) is 13.0. The molecular formula is C30H33N4O3+. The molecule has 2 aliphatic rings. The Bertz CT molecular complexity index is 1270. The van der Waals surface area contributed by atoms with Crippen LogP contribution in [0.4, 0.5) is 5.69 Å². The third-order valence-electron chi connectivity index (χ3n) is 7.30. The Labute approximate surface area is 217 Å². The van der Waals surface area contributed by atoms with Crippen molar-refractivity contribution in [1.29, 1.82) is 0 Å². The summed E-state index contributed by atoms with van der Waals surface area (Å²) in [6.45, 7) is 0. The molecule has 1 aliphatic carbocycles. The van der Waals surface area contributed by atoms with E-state index in [1.165, 1.54) is 5.01 Å². The van der Waals surface area contributed by atoms with Crippen LogP contribution in [0.3, 0.4) is 0 Å². The summed E-state index contributed by atoms with van der Waals surface area (Å²) < 4.78 is 0. The van der Waals surface area contributed by atoms with Gasteiger partial charge in [-0.15, -0.1) is 5.01 Å². The third-order valence-corrected chi connectivity index (χ3v) is 7.30. The largest absolute Gasteiger partial charge is 0.392 e. The first kappa shape index (κ1) is 24.8. The summed E-state index contributed by atoms with van der Waals surface area (Å²) in [6.07, 6.45) is 5.72. The molecular weight excluding hydrogens is 464 g/mol. The fourth-order valence-corrected chi connectivity index (χ4v) is 4.98. The Morgan fingerprint density at radius 2 is 1.81 bits per heavy atom. The number of aliphatic hydroxyl groups excluding tert-OH is 1. The number of carbonyl (C=O) groups is 1. The molecule has 0 bridgehead atoms. The van der Waals surface area contributed by atoms with E-state index in [2.05, 4.69) is 10.3 Å². The average molecular weight is 498 g/mol. The van der Waals surface area contributed by atoms with Crippen molar-refractivity contribution in [2.24, 2.45) is 11.8 Å². The van der Waals surface area contributed by atoms with Crippen molar-refractivity contribution < 1.29 is 14.8 Å². The number of hydrogen-bond donors (Lipinski definition) is 2. The Balaban J connectivity index is 1.42. The highest BCUT2D eigenvalue weighted by molar-refractivity contribution is 5.89. The molecule has 2 aromatic carbocycles.